The maximum atomic E-state index is 12.2. The van der Waals surface area contributed by atoms with E-state index in [1.807, 2.05) is 39.0 Å². The van der Waals surface area contributed by atoms with E-state index in [-0.39, 0.29) is 5.78 Å². The van der Waals surface area contributed by atoms with Crippen molar-refractivity contribution in [2.75, 3.05) is 0 Å². The minimum Gasteiger partial charge on any atom is -0.423 e. The van der Waals surface area contributed by atoms with Gasteiger partial charge in [-0.1, -0.05) is 49.7 Å². The molecule has 0 atom stereocenters. The Bertz CT molecular complexity index is 663. The van der Waals surface area contributed by atoms with Crippen molar-refractivity contribution in [2.45, 2.75) is 20.8 Å². The molecule has 2 N–H and O–H groups in total. The van der Waals surface area contributed by atoms with Crippen molar-refractivity contribution < 1.29 is 14.8 Å². The van der Waals surface area contributed by atoms with E-state index < -0.39 is 7.12 Å². The lowest BCUT2D eigenvalue weighted by Crippen LogP contribution is -2.29. The van der Waals surface area contributed by atoms with E-state index in [9.17, 15) is 14.8 Å². The third-order valence-corrected chi connectivity index (χ3v) is 3.30. The molecule has 0 fully saturated rings. The summed E-state index contributed by atoms with van der Waals surface area (Å²) in [6.45, 7) is 5.94. The highest BCUT2D eigenvalue weighted by atomic mass is 16.4. The molecule has 102 valence electrons. The highest BCUT2D eigenvalue weighted by Gasteiger charge is 2.27. The van der Waals surface area contributed by atoms with Crippen LogP contribution in [0, 0.1) is 6.92 Å². The van der Waals surface area contributed by atoms with Gasteiger partial charge in [0.15, 0.2) is 5.78 Å². The summed E-state index contributed by atoms with van der Waals surface area (Å²) in [5.41, 5.74) is 4.39. The Morgan fingerprint density at radius 1 is 0.850 bits per heavy atom. The van der Waals surface area contributed by atoms with Gasteiger partial charge in [-0.3, -0.25) is 4.79 Å². The number of rotatable bonds is 1. The van der Waals surface area contributed by atoms with Gasteiger partial charge >= 0.3 is 7.12 Å². The van der Waals surface area contributed by atoms with Crippen LogP contribution in [0.2, 0.25) is 0 Å². The van der Waals surface area contributed by atoms with Crippen molar-refractivity contribution in [3.63, 3.8) is 0 Å². The lowest BCUT2D eigenvalue weighted by atomic mass is 9.79. The van der Waals surface area contributed by atoms with Crippen LogP contribution in [0.4, 0.5) is 0 Å². The maximum absolute atomic E-state index is 12.2. The van der Waals surface area contributed by atoms with E-state index in [4.69, 9.17) is 0 Å². The van der Waals surface area contributed by atoms with E-state index in [1.54, 1.807) is 18.2 Å². The molecule has 4 heteroatoms. The summed E-state index contributed by atoms with van der Waals surface area (Å²) in [5, 5.41) is 18.4. The largest absolute Gasteiger partial charge is 0.488 e. The normalized spacial score (nSPS) is 11.3. The van der Waals surface area contributed by atoms with Crippen LogP contribution in [-0.4, -0.2) is 22.9 Å². The molecule has 0 aliphatic heterocycles. The molecule has 0 radical (unpaired) electrons. The van der Waals surface area contributed by atoms with E-state index in [0.29, 0.717) is 16.6 Å². The lowest BCUT2D eigenvalue weighted by Gasteiger charge is -2.04. The molecular formula is C16H17BO3. The molecule has 0 unspecified atom stereocenters. The fourth-order valence-corrected chi connectivity index (χ4v) is 2.37. The monoisotopic (exact) mass is 268 g/mol. The van der Waals surface area contributed by atoms with Gasteiger partial charge in [0.1, 0.15) is 0 Å². The van der Waals surface area contributed by atoms with Crippen molar-refractivity contribution in [3.05, 3.63) is 53.1 Å². The number of ketones is 1. The van der Waals surface area contributed by atoms with Gasteiger partial charge in [-0.2, -0.15) is 0 Å². The van der Waals surface area contributed by atoms with Gasteiger partial charge < -0.3 is 10.0 Å². The summed E-state index contributed by atoms with van der Waals surface area (Å²) >= 11 is 0. The molecule has 2 aromatic rings. The van der Waals surface area contributed by atoms with Gasteiger partial charge in [-0.25, -0.2) is 0 Å². The van der Waals surface area contributed by atoms with Crippen LogP contribution in [0.25, 0.3) is 11.1 Å². The Kier molecular flexibility index (Phi) is 4.07. The summed E-state index contributed by atoms with van der Waals surface area (Å²) in [6, 6.07) is 10.6. The van der Waals surface area contributed by atoms with E-state index in [2.05, 4.69) is 0 Å². The van der Waals surface area contributed by atoms with E-state index >= 15 is 0 Å². The second-order valence-corrected chi connectivity index (χ2v) is 4.56. The Balaban J connectivity index is 0.000000704. The highest BCUT2D eigenvalue weighted by molar-refractivity contribution is 6.58. The van der Waals surface area contributed by atoms with Crippen LogP contribution in [-0.2, 0) is 0 Å². The molecule has 0 heterocycles. The predicted octanol–water partition coefficient (Wildman–Crippen LogP) is 1.91. The SMILES string of the molecule is CC.Cc1ccc2c(c1)C(=O)c1ccc(B(O)O)cc1-2. The Morgan fingerprint density at radius 2 is 1.50 bits per heavy atom. The molecule has 0 saturated heterocycles. The number of benzene rings is 2. The average molecular weight is 268 g/mol. The fraction of sp³-hybridized carbons (Fsp3) is 0.188. The van der Waals surface area contributed by atoms with E-state index in [0.717, 1.165) is 16.7 Å². The molecule has 3 rings (SSSR count). The first kappa shape index (κ1) is 14.5. The van der Waals surface area contributed by atoms with Gasteiger partial charge in [0.25, 0.3) is 0 Å². The quantitative estimate of drug-likeness (QED) is 0.663. The zero-order valence-corrected chi connectivity index (χ0v) is 11.8. The zero-order valence-electron chi connectivity index (χ0n) is 11.8. The van der Waals surface area contributed by atoms with Crippen LogP contribution in [0.15, 0.2) is 36.4 Å². The van der Waals surface area contributed by atoms with Gasteiger partial charge in [-0.15, -0.1) is 0 Å². The molecule has 0 saturated carbocycles. The molecule has 0 bridgehead atoms. The molecule has 3 nitrogen and oxygen atoms in total. The number of carbonyl (C=O) groups excluding carboxylic acids is 1. The topological polar surface area (TPSA) is 57.5 Å². The number of fused-ring (bicyclic) bond motifs is 3. The van der Waals surface area contributed by atoms with Gasteiger partial charge in [0.2, 0.25) is 0 Å². The average Bonchev–Trinajstić information content (AvgIpc) is 2.73. The number of hydrogen-bond donors (Lipinski definition) is 2. The molecular weight excluding hydrogens is 251 g/mol. The third-order valence-electron chi connectivity index (χ3n) is 3.30. The van der Waals surface area contributed by atoms with Crippen LogP contribution < -0.4 is 5.46 Å². The summed E-state index contributed by atoms with van der Waals surface area (Å²) in [5.74, 6) is 0.00248. The molecule has 20 heavy (non-hydrogen) atoms. The van der Waals surface area contributed by atoms with Gasteiger partial charge in [0.05, 0.1) is 0 Å². The summed E-state index contributed by atoms with van der Waals surface area (Å²) in [7, 11) is -1.51. The van der Waals surface area contributed by atoms with Crippen LogP contribution in [0.1, 0.15) is 35.3 Å². The Morgan fingerprint density at radius 3 is 2.15 bits per heavy atom. The zero-order chi connectivity index (χ0) is 14.9. The van der Waals surface area contributed by atoms with Crippen LogP contribution >= 0.6 is 0 Å². The first-order valence-electron chi connectivity index (χ1n) is 6.74. The van der Waals surface area contributed by atoms with Crippen molar-refractivity contribution in [3.8, 4) is 11.1 Å². The molecule has 0 amide bonds. The number of hydrogen-bond acceptors (Lipinski definition) is 3. The fourth-order valence-electron chi connectivity index (χ4n) is 2.37. The minimum atomic E-state index is -1.51. The van der Waals surface area contributed by atoms with Crippen molar-refractivity contribution in [1.82, 2.24) is 0 Å². The first-order chi connectivity index (χ1) is 9.58. The maximum Gasteiger partial charge on any atom is 0.488 e. The Labute approximate surface area is 119 Å². The summed E-state index contributed by atoms with van der Waals surface area (Å²) in [4.78, 5) is 12.2. The Hall–Kier alpha value is -1.91. The van der Waals surface area contributed by atoms with E-state index in [1.165, 1.54) is 0 Å². The first-order valence-corrected chi connectivity index (χ1v) is 6.74. The number of carbonyl (C=O) groups is 1. The smallest absolute Gasteiger partial charge is 0.423 e. The summed E-state index contributed by atoms with van der Waals surface area (Å²) in [6.07, 6.45) is 0. The van der Waals surface area contributed by atoms with Gasteiger partial charge in [0, 0.05) is 11.1 Å². The molecule has 2 aromatic carbocycles. The number of aryl methyl sites for hydroxylation is 1. The van der Waals surface area contributed by atoms with Crippen molar-refractivity contribution in [1.29, 1.82) is 0 Å². The van der Waals surface area contributed by atoms with Gasteiger partial charge in [-0.05, 0) is 29.6 Å². The van der Waals surface area contributed by atoms with Crippen molar-refractivity contribution in [2.24, 2.45) is 0 Å². The van der Waals surface area contributed by atoms with Crippen LogP contribution in [0.5, 0.6) is 0 Å². The second-order valence-electron chi connectivity index (χ2n) is 4.56. The lowest BCUT2D eigenvalue weighted by molar-refractivity contribution is 0.104. The standard InChI is InChI=1S/C14H11BO3.C2H6/c1-8-2-4-10-12-7-9(15(17)18)3-5-11(12)14(16)13(10)6-8;1-2/h2-7,17-18H,1H3;1-2H3. The highest BCUT2D eigenvalue weighted by Crippen LogP contribution is 2.36. The van der Waals surface area contributed by atoms with Crippen molar-refractivity contribution >= 4 is 18.4 Å². The summed E-state index contributed by atoms with van der Waals surface area (Å²) < 4.78 is 0. The molecule has 1 aliphatic rings. The minimum absolute atomic E-state index is 0.00248. The predicted molar refractivity (Wildman–Crippen MR) is 81.2 cm³/mol. The molecule has 0 aromatic heterocycles. The van der Waals surface area contributed by atoms with Crippen LogP contribution in [0.3, 0.4) is 0 Å². The second kappa shape index (κ2) is 5.61. The third kappa shape index (κ3) is 2.28. The molecule has 1 aliphatic carbocycles. The molecule has 0 spiro atoms.